The maximum absolute atomic E-state index is 12.1. The van der Waals surface area contributed by atoms with Crippen LogP contribution in [0.1, 0.15) is 18.2 Å². The van der Waals surface area contributed by atoms with Gasteiger partial charge in [0.05, 0.1) is 0 Å². The lowest BCUT2D eigenvalue weighted by Crippen LogP contribution is -2.37. The maximum Gasteiger partial charge on any atom is 0.260 e. The molecule has 0 saturated heterocycles. The molecule has 23 heavy (non-hydrogen) atoms. The van der Waals surface area contributed by atoms with Crippen molar-refractivity contribution in [2.45, 2.75) is 31.3 Å². The van der Waals surface area contributed by atoms with E-state index in [2.05, 4.69) is 10.3 Å². The molecule has 1 aromatic carbocycles. The molecule has 0 aliphatic heterocycles. The van der Waals surface area contributed by atoms with E-state index in [-0.39, 0.29) is 5.91 Å². The number of carbonyl (C=O) groups excluding carboxylic acids is 1. The molecule has 122 valence electrons. The van der Waals surface area contributed by atoms with E-state index < -0.39 is 6.10 Å². The van der Waals surface area contributed by atoms with Crippen LogP contribution in [-0.2, 0) is 11.2 Å². The molecule has 1 N–H and O–H groups in total. The van der Waals surface area contributed by atoms with Gasteiger partial charge in [0.2, 0.25) is 0 Å². The Balaban J connectivity index is 1.76. The Labute approximate surface area is 141 Å². The fourth-order valence-corrected chi connectivity index (χ4v) is 2.44. The summed E-state index contributed by atoms with van der Waals surface area (Å²) in [6, 6.07) is 11.7. The zero-order valence-electron chi connectivity index (χ0n) is 13.7. The van der Waals surface area contributed by atoms with E-state index in [0.29, 0.717) is 12.3 Å². The Morgan fingerprint density at radius 2 is 2.00 bits per heavy atom. The first kappa shape index (κ1) is 17.3. The Morgan fingerprint density at radius 3 is 2.61 bits per heavy atom. The van der Waals surface area contributed by atoms with Gasteiger partial charge in [0.1, 0.15) is 5.75 Å². The van der Waals surface area contributed by atoms with E-state index in [9.17, 15) is 4.79 Å². The average molecular weight is 330 g/mol. The highest BCUT2D eigenvalue weighted by Gasteiger charge is 2.14. The van der Waals surface area contributed by atoms with Crippen LogP contribution in [0.5, 0.6) is 5.75 Å². The van der Waals surface area contributed by atoms with Crippen LogP contribution in [0.25, 0.3) is 0 Å². The molecule has 1 aromatic heterocycles. The lowest BCUT2D eigenvalue weighted by atomic mass is 10.2. The Bertz CT molecular complexity index is 626. The minimum Gasteiger partial charge on any atom is -0.481 e. The Morgan fingerprint density at radius 1 is 1.26 bits per heavy atom. The van der Waals surface area contributed by atoms with Crippen LogP contribution in [0.4, 0.5) is 0 Å². The summed E-state index contributed by atoms with van der Waals surface area (Å²) < 4.78 is 5.66. The molecule has 0 spiro atoms. The molecule has 1 atom stereocenters. The number of pyridine rings is 1. The van der Waals surface area contributed by atoms with Crippen molar-refractivity contribution in [1.82, 2.24) is 10.3 Å². The van der Waals surface area contributed by atoms with Gasteiger partial charge in [0, 0.05) is 23.3 Å². The molecule has 1 heterocycles. The van der Waals surface area contributed by atoms with Crippen molar-refractivity contribution >= 4 is 17.7 Å². The standard InChI is InChI=1S/C18H22N2O2S/c1-13-4-5-15(12-20-13)10-11-19-18(21)14(2)22-16-6-8-17(23-3)9-7-16/h4-9,12,14H,10-11H2,1-3H3,(H,19,21). The second kappa shape index (κ2) is 8.58. The first-order valence-corrected chi connectivity index (χ1v) is 8.81. The molecule has 4 nitrogen and oxygen atoms in total. The van der Waals surface area contributed by atoms with E-state index in [0.717, 1.165) is 17.7 Å². The third-order valence-corrected chi connectivity index (χ3v) is 4.17. The van der Waals surface area contributed by atoms with Crippen molar-refractivity contribution in [2.24, 2.45) is 0 Å². The largest absolute Gasteiger partial charge is 0.481 e. The molecule has 2 rings (SSSR count). The number of hydrogen-bond acceptors (Lipinski definition) is 4. The lowest BCUT2D eigenvalue weighted by molar-refractivity contribution is -0.127. The minimum absolute atomic E-state index is 0.112. The van der Waals surface area contributed by atoms with Gasteiger partial charge in [-0.2, -0.15) is 0 Å². The first-order valence-electron chi connectivity index (χ1n) is 7.58. The maximum atomic E-state index is 12.1. The molecule has 0 aliphatic rings. The Hall–Kier alpha value is -2.01. The first-order chi connectivity index (χ1) is 11.1. The van der Waals surface area contributed by atoms with Gasteiger partial charge in [0.25, 0.3) is 5.91 Å². The lowest BCUT2D eigenvalue weighted by Gasteiger charge is -2.15. The van der Waals surface area contributed by atoms with Gasteiger partial charge in [-0.25, -0.2) is 0 Å². The average Bonchev–Trinajstić information content (AvgIpc) is 2.57. The van der Waals surface area contributed by atoms with Crippen LogP contribution < -0.4 is 10.1 Å². The van der Waals surface area contributed by atoms with Gasteiger partial charge >= 0.3 is 0 Å². The number of aromatic nitrogens is 1. The highest BCUT2D eigenvalue weighted by molar-refractivity contribution is 7.98. The van der Waals surface area contributed by atoms with Crippen molar-refractivity contribution < 1.29 is 9.53 Å². The van der Waals surface area contributed by atoms with Crippen LogP contribution in [0.15, 0.2) is 47.5 Å². The summed E-state index contributed by atoms with van der Waals surface area (Å²) in [5, 5.41) is 2.89. The van der Waals surface area contributed by atoms with Gasteiger partial charge in [-0.05, 0) is 62.4 Å². The van der Waals surface area contributed by atoms with Gasteiger partial charge in [-0.1, -0.05) is 6.07 Å². The quantitative estimate of drug-likeness (QED) is 0.792. The molecule has 0 saturated carbocycles. The Kier molecular flexibility index (Phi) is 6.47. The molecule has 0 bridgehead atoms. The highest BCUT2D eigenvalue weighted by Crippen LogP contribution is 2.19. The molecule has 0 aliphatic carbocycles. The molecule has 0 radical (unpaired) electrons. The fraction of sp³-hybridized carbons (Fsp3) is 0.333. The van der Waals surface area contributed by atoms with Crippen molar-refractivity contribution in [1.29, 1.82) is 0 Å². The second-order valence-electron chi connectivity index (χ2n) is 5.28. The van der Waals surface area contributed by atoms with Crippen LogP contribution in [0.2, 0.25) is 0 Å². The van der Waals surface area contributed by atoms with Crippen molar-refractivity contribution in [3.8, 4) is 5.75 Å². The summed E-state index contributed by atoms with van der Waals surface area (Å²) in [5.41, 5.74) is 2.10. The molecule has 0 fully saturated rings. The summed E-state index contributed by atoms with van der Waals surface area (Å²) in [4.78, 5) is 17.5. The normalized spacial score (nSPS) is 11.8. The number of aryl methyl sites for hydroxylation is 1. The zero-order valence-corrected chi connectivity index (χ0v) is 14.5. The van der Waals surface area contributed by atoms with Gasteiger partial charge in [-0.3, -0.25) is 9.78 Å². The number of rotatable bonds is 7. The van der Waals surface area contributed by atoms with E-state index >= 15 is 0 Å². The van der Waals surface area contributed by atoms with Gasteiger partial charge in [-0.15, -0.1) is 11.8 Å². The number of thioether (sulfide) groups is 1. The summed E-state index contributed by atoms with van der Waals surface area (Å²) in [7, 11) is 0. The van der Waals surface area contributed by atoms with Crippen LogP contribution in [0.3, 0.4) is 0 Å². The summed E-state index contributed by atoms with van der Waals surface area (Å²) in [6.45, 7) is 4.28. The predicted molar refractivity (Wildman–Crippen MR) is 94.0 cm³/mol. The number of hydrogen-bond donors (Lipinski definition) is 1. The van der Waals surface area contributed by atoms with Crippen LogP contribution >= 0.6 is 11.8 Å². The molecular weight excluding hydrogens is 308 g/mol. The summed E-state index contributed by atoms with van der Waals surface area (Å²) in [5.74, 6) is 0.590. The van der Waals surface area contributed by atoms with Crippen LogP contribution in [0, 0.1) is 6.92 Å². The van der Waals surface area contributed by atoms with Gasteiger partial charge < -0.3 is 10.1 Å². The molecular formula is C18H22N2O2S. The zero-order chi connectivity index (χ0) is 16.7. The summed E-state index contributed by atoms with van der Waals surface area (Å²) in [6.07, 6.45) is 4.10. The SMILES string of the molecule is CSc1ccc(OC(C)C(=O)NCCc2ccc(C)nc2)cc1. The van der Waals surface area contributed by atoms with Crippen molar-refractivity contribution in [3.63, 3.8) is 0 Å². The molecule has 1 unspecified atom stereocenters. The number of benzene rings is 1. The van der Waals surface area contributed by atoms with E-state index in [4.69, 9.17) is 4.74 Å². The number of carbonyl (C=O) groups is 1. The van der Waals surface area contributed by atoms with Gasteiger partial charge in [0.15, 0.2) is 6.10 Å². The van der Waals surface area contributed by atoms with E-state index in [1.165, 1.54) is 4.90 Å². The topological polar surface area (TPSA) is 51.2 Å². The third-order valence-electron chi connectivity index (χ3n) is 3.43. The van der Waals surface area contributed by atoms with Crippen molar-refractivity contribution in [3.05, 3.63) is 53.9 Å². The number of ether oxygens (including phenoxy) is 1. The number of nitrogens with zero attached hydrogens (tertiary/aromatic N) is 1. The number of amides is 1. The fourth-order valence-electron chi connectivity index (χ4n) is 2.03. The summed E-state index contributed by atoms with van der Waals surface area (Å²) >= 11 is 1.67. The highest BCUT2D eigenvalue weighted by atomic mass is 32.2. The molecule has 5 heteroatoms. The second-order valence-corrected chi connectivity index (χ2v) is 6.16. The monoisotopic (exact) mass is 330 g/mol. The minimum atomic E-state index is -0.522. The van der Waals surface area contributed by atoms with Crippen molar-refractivity contribution in [2.75, 3.05) is 12.8 Å². The third kappa shape index (κ3) is 5.60. The number of nitrogens with one attached hydrogen (secondary N) is 1. The molecule has 1 amide bonds. The smallest absolute Gasteiger partial charge is 0.260 e. The molecule has 2 aromatic rings. The van der Waals surface area contributed by atoms with E-state index in [1.54, 1.807) is 18.7 Å². The van der Waals surface area contributed by atoms with E-state index in [1.807, 2.05) is 55.8 Å². The van der Waals surface area contributed by atoms with Crippen LogP contribution in [-0.4, -0.2) is 29.8 Å². The predicted octanol–water partition coefficient (Wildman–Crippen LogP) is 3.24.